The largest absolute Gasteiger partial charge is 0.361 e. The molecule has 4 aromatic carbocycles. The monoisotopic (exact) mass is 467 g/mol. The number of hydrogen-bond acceptors (Lipinski definition) is 2. The Morgan fingerprint density at radius 3 is 2.44 bits per heavy atom. The van der Waals surface area contributed by atoms with Gasteiger partial charge < -0.3 is 15.6 Å². The highest BCUT2D eigenvalue weighted by Gasteiger charge is 2.24. The van der Waals surface area contributed by atoms with Gasteiger partial charge in [-0.3, -0.25) is 9.59 Å². The van der Waals surface area contributed by atoms with Crippen molar-refractivity contribution in [3.63, 3.8) is 0 Å². The quantitative estimate of drug-likeness (QED) is 0.288. The van der Waals surface area contributed by atoms with E-state index in [0.29, 0.717) is 22.7 Å². The van der Waals surface area contributed by atoms with Gasteiger partial charge in [0.15, 0.2) is 0 Å². The van der Waals surface area contributed by atoms with Gasteiger partial charge in [0.2, 0.25) is 5.91 Å². The summed E-state index contributed by atoms with van der Waals surface area (Å²) in [5.74, 6) is -0.704. The fourth-order valence-corrected chi connectivity index (χ4v) is 4.33. The minimum atomic E-state index is -0.811. The van der Waals surface area contributed by atoms with Crippen LogP contribution in [0.15, 0.2) is 97.2 Å². The van der Waals surface area contributed by atoms with E-state index in [9.17, 15) is 9.59 Å². The number of carbonyl (C=O) groups is 2. The number of aromatic amines is 1. The smallest absolute Gasteiger partial charge is 0.253 e. The second kappa shape index (κ2) is 9.41. The molecule has 0 saturated carbocycles. The molecule has 0 aliphatic carbocycles. The minimum Gasteiger partial charge on any atom is -0.361 e. The predicted molar refractivity (Wildman–Crippen MR) is 137 cm³/mol. The SMILES string of the molecule is O=C(N[C@@H](Cc1c[nH]c2ccccc12)C(=O)Nc1ccc2ccccc2c1)c1ccccc1Cl. The van der Waals surface area contributed by atoms with Gasteiger partial charge in [-0.15, -0.1) is 0 Å². The van der Waals surface area contributed by atoms with Crippen LogP contribution < -0.4 is 10.6 Å². The summed E-state index contributed by atoms with van der Waals surface area (Å²) >= 11 is 6.22. The van der Waals surface area contributed by atoms with Gasteiger partial charge in [0.05, 0.1) is 10.6 Å². The van der Waals surface area contributed by atoms with Crippen molar-refractivity contribution >= 4 is 50.8 Å². The number of aromatic nitrogens is 1. The van der Waals surface area contributed by atoms with Crippen molar-refractivity contribution in [2.45, 2.75) is 12.5 Å². The maximum atomic E-state index is 13.4. The summed E-state index contributed by atoms with van der Waals surface area (Å²) < 4.78 is 0. The molecule has 2 amide bonds. The topological polar surface area (TPSA) is 74.0 Å². The summed E-state index contributed by atoms with van der Waals surface area (Å²) in [6.07, 6.45) is 2.20. The number of benzene rings is 4. The number of amides is 2. The van der Waals surface area contributed by atoms with Crippen LogP contribution >= 0.6 is 11.6 Å². The molecule has 0 radical (unpaired) electrons. The van der Waals surface area contributed by atoms with E-state index in [1.807, 2.05) is 72.9 Å². The van der Waals surface area contributed by atoms with Crippen molar-refractivity contribution in [2.75, 3.05) is 5.32 Å². The summed E-state index contributed by atoms with van der Waals surface area (Å²) in [5, 5.41) is 9.31. The predicted octanol–water partition coefficient (Wildman–Crippen LogP) is 5.95. The summed E-state index contributed by atoms with van der Waals surface area (Å²) in [4.78, 5) is 29.6. The number of rotatable bonds is 6. The summed E-state index contributed by atoms with van der Waals surface area (Å²) in [6, 6.07) is 27.5. The van der Waals surface area contributed by atoms with E-state index in [2.05, 4.69) is 15.6 Å². The van der Waals surface area contributed by atoms with Gasteiger partial charge in [-0.1, -0.05) is 72.3 Å². The number of H-pyrrole nitrogens is 1. The van der Waals surface area contributed by atoms with Crippen LogP contribution in [0.2, 0.25) is 5.02 Å². The molecule has 1 atom stereocenters. The van der Waals surface area contributed by atoms with E-state index in [1.54, 1.807) is 24.3 Å². The van der Waals surface area contributed by atoms with Crippen LogP contribution in [0.3, 0.4) is 0 Å². The summed E-state index contributed by atoms with van der Waals surface area (Å²) in [5.41, 5.74) is 2.91. The summed E-state index contributed by atoms with van der Waals surface area (Å²) in [6.45, 7) is 0. The van der Waals surface area contributed by atoms with Crippen molar-refractivity contribution in [3.8, 4) is 0 Å². The highest BCUT2D eigenvalue weighted by molar-refractivity contribution is 6.33. The average Bonchev–Trinajstić information content (AvgIpc) is 3.26. The van der Waals surface area contributed by atoms with Crippen LogP contribution in [0.25, 0.3) is 21.7 Å². The third kappa shape index (κ3) is 4.51. The van der Waals surface area contributed by atoms with Gasteiger partial charge in [-0.05, 0) is 46.7 Å². The molecule has 5 nitrogen and oxygen atoms in total. The Balaban J connectivity index is 1.43. The van der Waals surface area contributed by atoms with Crippen molar-refractivity contribution in [3.05, 3.63) is 113 Å². The molecule has 0 spiro atoms. The number of hydrogen-bond donors (Lipinski definition) is 3. The minimum absolute atomic E-state index is 0.305. The van der Waals surface area contributed by atoms with E-state index in [1.165, 1.54) is 0 Å². The lowest BCUT2D eigenvalue weighted by Crippen LogP contribution is -2.45. The molecular formula is C28H22ClN3O2. The van der Waals surface area contributed by atoms with Crippen LogP contribution in [0, 0.1) is 0 Å². The van der Waals surface area contributed by atoms with Gasteiger partial charge in [0, 0.05) is 29.2 Å². The number of anilines is 1. The van der Waals surface area contributed by atoms with Gasteiger partial charge in [-0.2, -0.15) is 0 Å². The van der Waals surface area contributed by atoms with Gasteiger partial charge in [-0.25, -0.2) is 0 Å². The molecule has 0 unspecified atom stereocenters. The Labute approximate surface area is 201 Å². The van der Waals surface area contributed by atoms with Gasteiger partial charge in [0.25, 0.3) is 5.91 Å². The van der Waals surface area contributed by atoms with E-state index in [4.69, 9.17) is 11.6 Å². The zero-order valence-corrected chi connectivity index (χ0v) is 19.0. The van der Waals surface area contributed by atoms with Crippen LogP contribution in [-0.4, -0.2) is 22.8 Å². The lowest BCUT2D eigenvalue weighted by atomic mass is 10.0. The fraction of sp³-hybridized carbons (Fsp3) is 0.0714. The van der Waals surface area contributed by atoms with Crippen LogP contribution in [0.1, 0.15) is 15.9 Å². The molecule has 5 rings (SSSR count). The average molecular weight is 468 g/mol. The van der Waals surface area contributed by atoms with Gasteiger partial charge >= 0.3 is 0 Å². The number of nitrogens with one attached hydrogen (secondary N) is 3. The molecule has 0 aliphatic heterocycles. The van der Waals surface area contributed by atoms with Crippen molar-refractivity contribution in [1.82, 2.24) is 10.3 Å². The summed E-state index contributed by atoms with van der Waals surface area (Å²) in [7, 11) is 0. The maximum absolute atomic E-state index is 13.4. The zero-order valence-electron chi connectivity index (χ0n) is 18.2. The molecule has 34 heavy (non-hydrogen) atoms. The third-order valence-electron chi connectivity index (χ3n) is 5.86. The normalized spacial score (nSPS) is 11.9. The molecular weight excluding hydrogens is 446 g/mol. The van der Waals surface area contributed by atoms with Crippen molar-refractivity contribution in [1.29, 1.82) is 0 Å². The zero-order chi connectivity index (χ0) is 23.5. The molecule has 3 N–H and O–H groups in total. The first-order valence-corrected chi connectivity index (χ1v) is 11.4. The lowest BCUT2D eigenvalue weighted by Gasteiger charge is -2.19. The number of halogens is 1. The number of carbonyl (C=O) groups excluding carboxylic acids is 2. The maximum Gasteiger partial charge on any atom is 0.253 e. The van der Waals surface area contributed by atoms with Gasteiger partial charge in [0.1, 0.15) is 6.04 Å². The second-order valence-electron chi connectivity index (χ2n) is 8.12. The molecule has 0 saturated heterocycles. The first-order chi connectivity index (χ1) is 16.6. The number of fused-ring (bicyclic) bond motifs is 2. The van der Waals surface area contributed by atoms with E-state index >= 15 is 0 Å². The standard InChI is InChI=1S/C28H22ClN3O2/c29-24-11-5-3-10-23(24)27(33)32-26(16-20-17-30-25-12-6-4-9-22(20)25)28(34)31-21-14-13-18-7-1-2-8-19(18)15-21/h1-15,17,26,30H,16H2,(H,31,34)(H,32,33)/t26-/m0/s1. The Hall–Kier alpha value is -4.09. The molecule has 6 heteroatoms. The molecule has 0 bridgehead atoms. The van der Waals surface area contributed by atoms with E-state index in [-0.39, 0.29) is 5.91 Å². The molecule has 168 valence electrons. The molecule has 0 aliphatic rings. The molecule has 1 heterocycles. The third-order valence-corrected chi connectivity index (χ3v) is 6.19. The Morgan fingerprint density at radius 1 is 0.853 bits per heavy atom. The number of para-hydroxylation sites is 1. The Morgan fingerprint density at radius 2 is 1.59 bits per heavy atom. The second-order valence-corrected chi connectivity index (χ2v) is 8.53. The fourth-order valence-electron chi connectivity index (χ4n) is 4.11. The van der Waals surface area contributed by atoms with Crippen LogP contribution in [0.5, 0.6) is 0 Å². The van der Waals surface area contributed by atoms with Crippen LogP contribution in [-0.2, 0) is 11.2 Å². The van der Waals surface area contributed by atoms with Crippen molar-refractivity contribution < 1.29 is 9.59 Å². The molecule has 0 fully saturated rings. The highest BCUT2D eigenvalue weighted by Crippen LogP contribution is 2.22. The van der Waals surface area contributed by atoms with Crippen LogP contribution in [0.4, 0.5) is 5.69 Å². The Bertz CT molecular complexity index is 1510. The lowest BCUT2D eigenvalue weighted by molar-refractivity contribution is -0.118. The highest BCUT2D eigenvalue weighted by atomic mass is 35.5. The first kappa shape index (κ1) is 21.7. The molecule has 5 aromatic rings. The van der Waals surface area contributed by atoms with E-state index < -0.39 is 11.9 Å². The van der Waals surface area contributed by atoms with Crippen molar-refractivity contribution in [2.24, 2.45) is 0 Å². The molecule has 1 aromatic heterocycles. The van der Waals surface area contributed by atoms with E-state index in [0.717, 1.165) is 27.2 Å². The first-order valence-electron chi connectivity index (χ1n) is 11.0. The Kier molecular flexibility index (Phi) is 6.02.